The normalized spacial score (nSPS) is 16.0. The predicted octanol–water partition coefficient (Wildman–Crippen LogP) is 6.25. The summed E-state index contributed by atoms with van der Waals surface area (Å²) in [5, 5.41) is 9.52. The Balaban J connectivity index is 1.87. The first-order valence-electron chi connectivity index (χ1n) is 11.4. The number of anilines is 1. The summed E-state index contributed by atoms with van der Waals surface area (Å²) >= 11 is 0. The van der Waals surface area contributed by atoms with Crippen LogP contribution in [0.3, 0.4) is 0 Å². The number of sulfonamides is 1. The molecular formula is C26H21F6NO5S. The van der Waals surface area contributed by atoms with Gasteiger partial charge in [0.15, 0.2) is 11.6 Å². The summed E-state index contributed by atoms with van der Waals surface area (Å²) in [6.45, 7) is 2.28. The molecule has 0 saturated heterocycles. The number of carbonyl (C=O) groups is 1. The second-order valence-corrected chi connectivity index (χ2v) is 11.5. The summed E-state index contributed by atoms with van der Waals surface area (Å²) in [5.41, 5.74) is -3.48. The second kappa shape index (κ2) is 9.78. The zero-order valence-corrected chi connectivity index (χ0v) is 21.2. The Morgan fingerprint density at radius 1 is 1.05 bits per heavy atom. The van der Waals surface area contributed by atoms with Crippen molar-refractivity contribution in [3.8, 4) is 16.9 Å². The smallest absolute Gasteiger partial charge is 0.416 e. The van der Waals surface area contributed by atoms with Crippen LogP contribution in [0.15, 0.2) is 59.5 Å². The molecule has 0 aromatic heterocycles. The van der Waals surface area contributed by atoms with Crippen LogP contribution in [-0.2, 0) is 21.0 Å². The summed E-state index contributed by atoms with van der Waals surface area (Å²) in [6.07, 6.45) is -6.06. The summed E-state index contributed by atoms with van der Waals surface area (Å²) in [5.74, 6) is -5.28. The Morgan fingerprint density at radius 2 is 1.74 bits per heavy atom. The molecule has 0 bridgehead atoms. The van der Waals surface area contributed by atoms with E-state index in [1.165, 1.54) is 26.0 Å². The molecule has 0 radical (unpaired) electrons. The maximum absolute atomic E-state index is 14.5. The fourth-order valence-electron chi connectivity index (χ4n) is 4.20. The average Bonchev–Trinajstić information content (AvgIpc) is 2.84. The van der Waals surface area contributed by atoms with E-state index in [2.05, 4.69) is 0 Å². The van der Waals surface area contributed by atoms with Crippen molar-refractivity contribution in [2.24, 2.45) is 5.41 Å². The summed E-state index contributed by atoms with van der Waals surface area (Å²) < 4.78 is 116. The monoisotopic (exact) mass is 573 g/mol. The largest absolute Gasteiger partial charge is 0.486 e. The van der Waals surface area contributed by atoms with Gasteiger partial charge in [-0.15, -0.1) is 0 Å². The fraction of sp³-hybridized carbons (Fsp3) is 0.269. The molecule has 3 aromatic rings. The number of nitrogens with zero attached hydrogens (tertiary/aromatic N) is 1. The lowest BCUT2D eigenvalue weighted by Gasteiger charge is -2.38. The first-order valence-corrected chi connectivity index (χ1v) is 12.8. The van der Waals surface area contributed by atoms with Crippen LogP contribution in [0.25, 0.3) is 11.1 Å². The van der Waals surface area contributed by atoms with Gasteiger partial charge in [0, 0.05) is 18.1 Å². The Labute approximate surface area is 219 Å². The molecule has 1 atom stereocenters. The lowest BCUT2D eigenvalue weighted by molar-refractivity contribution is -0.148. The van der Waals surface area contributed by atoms with Gasteiger partial charge in [-0.05, 0) is 55.8 Å². The van der Waals surface area contributed by atoms with Crippen LogP contribution >= 0.6 is 0 Å². The van der Waals surface area contributed by atoms with E-state index in [1.54, 1.807) is 0 Å². The molecule has 1 aliphatic heterocycles. The molecule has 6 nitrogen and oxygen atoms in total. The molecule has 1 N–H and O–H groups in total. The predicted molar refractivity (Wildman–Crippen MR) is 128 cm³/mol. The quantitative estimate of drug-likeness (QED) is 0.279. The topological polar surface area (TPSA) is 83.9 Å². The maximum atomic E-state index is 14.5. The van der Waals surface area contributed by atoms with Crippen LogP contribution in [0.4, 0.5) is 32.0 Å². The number of aliphatic carboxylic acids is 1. The number of hydrogen-bond donors (Lipinski definition) is 1. The van der Waals surface area contributed by atoms with Crippen molar-refractivity contribution in [2.45, 2.75) is 37.4 Å². The van der Waals surface area contributed by atoms with Crippen molar-refractivity contribution in [2.75, 3.05) is 10.8 Å². The fourth-order valence-corrected chi connectivity index (χ4v) is 5.74. The Morgan fingerprint density at radius 3 is 2.38 bits per heavy atom. The summed E-state index contributed by atoms with van der Waals surface area (Å²) in [6, 6.07) is 7.57. The number of halogens is 6. The third-order valence-corrected chi connectivity index (χ3v) is 8.04. The van der Waals surface area contributed by atoms with E-state index in [-0.39, 0.29) is 23.4 Å². The Hall–Kier alpha value is -3.74. The van der Waals surface area contributed by atoms with E-state index in [1.807, 2.05) is 0 Å². The Kier molecular flexibility index (Phi) is 7.09. The molecular weight excluding hydrogens is 552 g/mol. The van der Waals surface area contributed by atoms with Gasteiger partial charge in [-0.2, -0.15) is 13.2 Å². The van der Waals surface area contributed by atoms with Gasteiger partial charge >= 0.3 is 12.1 Å². The number of rotatable bonds is 6. The zero-order valence-electron chi connectivity index (χ0n) is 20.4. The first-order chi connectivity index (χ1) is 18.0. The van der Waals surface area contributed by atoms with E-state index in [0.717, 1.165) is 22.5 Å². The van der Waals surface area contributed by atoms with Crippen molar-refractivity contribution in [3.05, 3.63) is 77.6 Å². The van der Waals surface area contributed by atoms with Gasteiger partial charge in [-0.3, -0.25) is 9.10 Å². The molecule has 13 heteroatoms. The molecule has 0 spiro atoms. The maximum Gasteiger partial charge on any atom is 0.416 e. The van der Waals surface area contributed by atoms with E-state index < -0.39 is 73.7 Å². The number of ether oxygens (including phenoxy) is 1. The molecule has 0 aliphatic carbocycles. The van der Waals surface area contributed by atoms with Crippen LogP contribution < -0.4 is 9.04 Å². The van der Waals surface area contributed by atoms with E-state index >= 15 is 0 Å². The van der Waals surface area contributed by atoms with Gasteiger partial charge in [-0.1, -0.05) is 12.1 Å². The van der Waals surface area contributed by atoms with Crippen LogP contribution in [0.1, 0.15) is 25.8 Å². The van der Waals surface area contributed by atoms with Crippen LogP contribution in [0.2, 0.25) is 0 Å². The minimum atomic E-state index is -4.84. The van der Waals surface area contributed by atoms with Gasteiger partial charge < -0.3 is 9.84 Å². The number of hydrogen-bond acceptors (Lipinski definition) is 4. The highest BCUT2D eigenvalue weighted by atomic mass is 32.2. The third-order valence-electron chi connectivity index (χ3n) is 6.26. The molecule has 39 heavy (non-hydrogen) atoms. The molecule has 0 amide bonds. The van der Waals surface area contributed by atoms with Gasteiger partial charge in [0.05, 0.1) is 28.1 Å². The number of carboxylic acids is 1. The average molecular weight is 574 g/mol. The SMILES string of the molecule is CC(C)(CC1CN(S(=O)(=O)c2cccc(C(F)(F)F)c2)c2cc(-c3cc(F)cc(F)c3F)ccc2O1)C(=O)O. The molecule has 1 unspecified atom stereocenters. The molecule has 208 valence electrons. The van der Waals surface area contributed by atoms with Crippen molar-refractivity contribution in [3.63, 3.8) is 0 Å². The van der Waals surface area contributed by atoms with Crippen LogP contribution in [0, 0.1) is 22.9 Å². The molecule has 3 aromatic carbocycles. The van der Waals surface area contributed by atoms with Crippen molar-refractivity contribution < 1.29 is 49.4 Å². The highest BCUT2D eigenvalue weighted by Crippen LogP contribution is 2.43. The minimum Gasteiger partial charge on any atom is -0.486 e. The van der Waals surface area contributed by atoms with Crippen LogP contribution in [0.5, 0.6) is 5.75 Å². The van der Waals surface area contributed by atoms with Gasteiger partial charge in [0.2, 0.25) is 0 Å². The first kappa shape index (κ1) is 28.3. The highest BCUT2D eigenvalue weighted by Gasteiger charge is 2.40. The van der Waals surface area contributed by atoms with Gasteiger partial charge in [-0.25, -0.2) is 21.6 Å². The molecule has 1 heterocycles. The lowest BCUT2D eigenvalue weighted by atomic mass is 9.86. The standard InChI is InChI=1S/C26H21F6NO5S/c1-25(2,24(34)35)12-17-13-33(39(36,37)18-5-3-4-15(9-18)26(30,31)32)21-8-14(6-7-22(21)38-17)19-10-16(27)11-20(28)23(19)29/h3-11,17H,12-13H2,1-2H3,(H,34,35). The minimum absolute atomic E-state index is 0.107. The second-order valence-electron chi connectivity index (χ2n) is 9.63. The van der Waals surface area contributed by atoms with E-state index in [4.69, 9.17) is 4.74 Å². The van der Waals surface area contributed by atoms with E-state index in [9.17, 15) is 44.7 Å². The molecule has 1 aliphatic rings. The van der Waals surface area contributed by atoms with Crippen molar-refractivity contribution >= 4 is 21.7 Å². The molecule has 4 rings (SSSR count). The lowest BCUT2D eigenvalue weighted by Crippen LogP contribution is -2.46. The number of benzene rings is 3. The number of alkyl halides is 3. The van der Waals surface area contributed by atoms with Gasteiger partial charge in [0.25, 0.3) is 10.0 Å². The Bertz CT molecular complexity index is 1550. The number of carboxylic acid groups (broad SMARTS) is 1. The summed E-state index contributed by atoms with van der Waals surface area (Å²) in [7, 11) is -4.73. The summed E-state index contributed by atoms with van der Waals surface area (Å²) in [4.78, 5) is 11.0. The molecule has 0 fully saturated rings. The third kappa shape index (κ3) is 5.54. The van der Waals surface area contributed by atoms with Gasteiger partial charge in [0.1, 0.15) is 17.7 Å². The van der Waals surface area contributed by atoms with E-state index in [0.29, 0.717) is 24.3 Å². The van der Waals surface area contributed by atoms with Crippen molar-refractivity contribution in [1.29, 1.82) is 0 Å². The number of fused-ring (bicyclic) bond motifs is 1. The zero-order chi connectivity index (χ0) is 28.9. The molecule has 0 saturated carbocycles. The van der Waals surface area contributed by atoms with Crippen LogP contribution in [-0.4, -0.2) is 32.1 Å². The highest BCUT2D eigenvalue weighted by molar-refractivity contribution is 7.92. The van der Waals surface area contributed by atoms with Crippen molar-refractivity contribution in [1.82, 2.24) is 0 Å².